The van der Waals surface area contributed by atoms with E-state index in [0.29, 0.717) is 19.5 Å². The molecule has 0 aromatic heterocycles. The lowest BCUT2D eigenvalue weighted by molar-refractivity contribution is -0.122. The van der Waals surface area contributed by atoms with Crippen LogP contribution in [-0.4, -0.2) is 43.1 Å². The zero-order chi connectivity index (χ0) is 18.4. The number of likely N-dealkylation sites (tertiary alicyclic amines) is 1. The Kier molecular flexibility index (Phi) is 6.45. The Bertz CT molecular complexity index is 582. The second-order valence-electron chi connectivity index (χ2n) is 7.75. The number of hydrogen-bond donors (Lipinski definition) is 1. The molecule has 138 valence electrons. The Morgan fingerprint density at radius 1 is 1.16 bits per heavy atom. The van der Waals surface area contributed by atoms with E-state index >= 15 is 0 Å². The van der Waals surface area contributed by atoms with Crippen LogP contribution in [0.25, 0.3) is 0 Å². The fourth-order valence-corrected chi connectivity index (χ4v) is 3.06. The molecular weight excluding hydrogens is 316 g/mol. The molecule has 0 bridgehead atoms. The molecular formula is C20H30N2O3. The topological polar surface area (TPSA) is 58.6 Å². The molecule has 2 rings (SSSR count). The Labute approximate surface area is 150 Å². The number of ether oxygens (including phenoxy) is 1. The Hall–Kier alpha value is -2.04. The lowest BCUT2D eigenvalue weighted by Gasteiger charge is -2.31. The number of carbonyl (C=O) groups excluding carboxylic acids is 2. The van der Waals surface area contributed by atoms with Crippen molar-refractivity contribution >= 4 is 12.0 Å². The summed E-state index contributed by atoms with van der Waals surface area (Å²) in [6.07, 6.45) is 2.51. The molecule has 1 aromatic carbocycles. The van der Waals surface area contributed by atoms with Gasteiger partial charge in [0.2, 0.25) is 5.91 Å². The van der Waals surface area contributed by atoms with Gasteiger partial charge in [-0.2, -0.15) is 0 Å². The van der Waals surface area contributed by atoms with E-state index in [0.717, 1.165) is 19.3 Å². The minimum absolute atomic E-state index is 0.0800. The van der Waals surface area contributed by atoms with E-state index in [9.17, 15) is 9.59 Å². The fourth-order valence-electron chi connectivity index (χ4n) is 3.06. The van der Waals surface area contributed by atoms with Gasteiger partial charge in [0.05, 0.1) is 7.11 Å². The number of nitrogens with one attached hydrogen (secondary N) is 1. The van der Waals surface area contributed by atoms with Crippen molar-refractivity contribution in [1.82, 2.24) is 10.2 Å². The summed E-state index contributed by atoms with van der Waals surface area (Å²) in [4.78, 5) is 25.3. The van der Waals surface area contributed by atoms with Crippen molar-refractivity contribution in [3.8, 4) is 0 Å². The van der Waals surface area contributed by atoms with E-state index in [4.69, 9.17) is 4.74 Å². The van der Waals surface area contributed by atoms with Crippen LogP contribution in [-0.2, 0) is 21.4 Å². The van der Waals surface area contributed by atoms with Crippen molar-refractivity contribution < 1.29 is 14.3 Å². The molecule has 0 unspecified atom stereocenters. The van der Waals surface area contributed by atoms with Crippen LogP contribution in [0.3, 0.4) is 0 Å². The number of benzene rings is 1. The van der Waals surface area contributed by atoms with Crippen molar-refractivity contribution in [2.45, 2.75) is 57.9 Å². The highest BCUT2D eigenvalue weighted by Crippen LogP contribution is 2.22. The summed E-state index contributed by atoms with van der Waals surface area (Å²) >= 11 is 0. The SMILES string of the molecule is COC(=O)N1CCC(NC(=O)CCc2ccc(C(C)(C)C)cc2)CC1. The molecule has 0 spiro atoms. The second-order valence-corrected chi connectivity index (χ2v) is 7.75. The van der Waals surface area contributed by atoms with Crippen molar-refractivity contribution in [3.63, 3.8) is 0 Å². The first kappa shape index (κ1) is 19.3. The molecule has 0 radical (unpaired) electrons. The van der Waals surface area contributed by atoms with Crippen LogP contribution in [0.4, 0.5) is 4.79 Å². The van der Waals surface area contributed by atoms with E-state index in [2.05, 4.69) is 50.4 Å². The maximum absolute atomic E-state index is 12.2. The Morgan fingerprint density at radius 2 is 1.76 bits per heavy atom. The predicted octanol–water partition coefficient (Wildman–Crippen LogP) is 3.26. The van der Waals surface area contributed by atoms with Crippen LogP contribution in [0, 0.1) is 0 Å². The monoisotopic (exact) mass is 346 g/mol. The first-order chi connectivity index (χ1) is 11.8. The summed E-state index contributed by atoms with van der Waals surface area (Å²) in [5.41, 5.74) is 2.64. The van der Waals surface area contributed by atoms with E-state index in [1.807, 2.05) is 0 Å². The van der Waals surface area contributed by atoms with E-state index in [1.165, 1.54) is 18.2 Å². The highest BCUT2D eigenvalue weighted by Gasteiger charge is 2.24. The zero-order valence-electron chi connectivity index (χ0n) is 15.8. The van der Waals surface area contributed by atoms with E-state index < -0.39 is 0 Å². The highest BCUT2D eigenvalue weighted by molar-refractivity contribution is 5.76. The number of hydrogen-bond acceptors (Lipinski definition) is 3. The van der Waals surface area contributed by atoms with Crippen molar-refractivity contribution in [1.29, 1.82) is 0 Å². The standard InChI is InChI=1S/C20H30N2O3/c1-20(2,3)16-8-5-15(6-9-16)7-10-18(23)21-17-11-13-22(14-12-17)19(24)25-4/h5-6,8-9,17H,7,10-14H2,1-4H3,(H,21,23). The molecule has 0 aliphatic carbocycles. The van der Waals surface area contributed by atoms with Crippen LogP contribution in [0.1, 0.15) is 51.2 Å². The highest BCUT2D eigenvalue weighted by atomic mass is 16.5. The van der Waals surface area contributed by atoms with Gasteiger partial charge in [-0.15, -0.1) is 0 Å². The molecule has 25 heavy (non-hydrogen) atoms. The third kappa shape index (κ3) is 5.76. The smallest absolute Gasteiger partial charge is 0.409 e. The number of nitrogens with zero attached hydrogens (tertiary/aromatic N) is 1. The summed E-state index contributed by atoms with van der Waals surface area (Å²) in [7, 11) is 1.39. The first-order valence-electron chi connectivity index (χ1n) is 9.01. The van der Waals surface area contributed by atoms with Crippen molar-refractivity contribution in [3.05, 3.63) is 35.4 Å². The summed E-state index contributed by atoms with van der Waals surface area (Å²) in [5.74, 6) is 0.0800. The lowest BCUT2D eigenvalue weighted by atomic mass is 9.86. The van der Waals surface area contributed by atoms with Crippen LogP contribution < -0.4 is 5.32 Å². The summed E-state index contributed by atoms with van der Waals surface area (Å²) in [5, 5.41) is 3.08. The number of piperidine rings is 1. The molecule has 2 amide bonds. The molecule has 0 saturated carbocycles. The molecule has 5 heteroatoms. The quantitative estimate of drug-likeness (QED) is 0.910. The number of aryl methyl sites for hydroxylation is 1. The van der Waals surface area contributed by atoms with Crippen LogP contribution in [0.5, 0.6) is 0 Å². The van der Waals surface area contributed by atoms with Gasteiger partial charge < -0.3 is 15.0 Å². The molecule has 1 fully saturated rings. The van der Waals surface area contributed by atoms with Crippen LogP contribution in [0.15, 0.2) is 24.3 Å². The predicted molar refractivity (Wildman–Crippen MR) is 98.6 cm³/mol. The molecule has 1 aromatic rings. The third-order valence-corrected chi connectivity index (χ3v) is 4.75. The normalized spacial score (nSPS) is 15.8. The molecule has 0 atom stereocenters. The number of amides is 2. The molecule has 1 aliphatic heterocycles. The number of methoxy groups -OCH3 is 1. The van der Waals surface area contributed by atoms with Gasteiger partial charge in [-0.05, 0) is 35.8 Å². The largest absolute Gasteiger partial charge is 0.453 e. The molecule has 1 heterocycles. The number of rotatable bonds is 4. The van der Waals surface area contributed by atoms with E-state index in [-0.39, 0.29) is 23.5 Å². The van der Waals surface area contributed by atoms with Gasteiger partial charge in [0, 0.05) is 25.6 Å². The summed E-state index contributed by atoms with van der Waals surface area (Å²) in [6.45, 7) is 7.85. The van der Waals surface area contributed by atoms with Gasteiger partial charge in [-0.25, -0.2) is 4.79 Å². The van der Waals surface area contributed by atoms with Gasteiger partial charge >= 0.3 is 6.09 Å². The van der Waals surface area contributed by atoms with Crippen LogP contribution >= 0.6 is 0 Å². The minimum Gasteiger partial charge on any atom is -0.453 e. The lowest BCUT2D eigenvalue weighted by Crippen LogP contribution is -2.46. The van der Waals surface area contributed by atoms with Gasteiger partial charge in [0.1, 0.15) is 0 Å². The summed E-state index contributed by atoms with van der Waals surface area (Å²) in [6, 6.07) is 8.67. The molecule has 1 aliphatic rings. The third-order valence-electron chi connectivity index (χ3n) is 4.75. The van der Waals surface area contributed by atoms with Crippen molar-refractivity contribution in [2.75, 3.05) is 20.2 Å². The maximum atomic E-state index is 12.2. The summed E-state index contributed by atoms with van der Waals surface area (Å²) < 4.78 is 4.72. The van der Waals surface area contributed by atoms with Gasteiger partial charge in [-0.3, -0.25) is 4.79 Å². The zero-order valence-corrected chi connectivity index (χ0v) is 15.8. The second kappa shape index (κ2) is 8.37. The average Bonchev–Trinajstić information content (AvgIpc) is 2.59. The van der Waals surface area contributed by atoms with Gasteiger partial charge in [-0.1, -0.05) is 45.0 Å². The molecule has 1 saturated heterocycles. The van der Waals surface area contributed by atoms with Gasteiger partial charge in [0.25, 0.3) is 0 Å². The molecule has 1 N–H and O–H groups in total. The van der Waals surface area contributed by atoms with E-state index in [1.54, 1.807) is 4.90 Å². The molecule has 5 nitrogen and oxygen atoms in total. The first-order valence-corrected chi connectivity index (χ1v) is 9.01. The number of carbonyl (C=O) groups is 2. The van der Waals surface area contributed by atoms with Gasteiger partial charge in [0.15, 0.2) is 0 Å². The van der Waals surface area contributed by atoms with Crippen LogP contribution in [0.2, 0.25) is 0 Å². The minimum atomic E-state index is -0.288. The fraction of sp³-hybridized carbons (Fsp3) is 0.600. The Morgan fingerprint density at radius 3 is 2.28 bits per heavy atom. The van der Waals surface area contributed by atoms with Crippen molar-refractivity contribution in [2.24, 2.45) is 0 Å². The average molecular weight is 346 g/mol. The Balaban J connectivity index is 1.73. The maximum Gasteiger partial charge on any atom is 0.409 e.